The number of nitrogens with zero attached hydrogens (tertiary/aromatic N) is 5. The summed E-state index contributed by atoms with van der Waals surface area (Å²) >= 11 is 12.0. The van der Waals surface area contributed by atoms with Crippen molar-refractivity contribution in [2.75, 3.05) is 42.9 Å². The highest BCUT2D eigenvalue weighted by atomic mass is 35.5. The molecule has 1 saturated heterocycles. The average Bonchev–Trinajstić information content (AvgIpc) is 2.58. The van der Waals surface area contributed by atoms with E-state index in [1.807, 2.05) is 6.07 Å². The molecule has 1 N–H and O–H groups in total. The molecule has 0 spiro atoms. The van der Waals surface area contributed by atoms with Crippen LogP contribution in [0.2, 0.25) is 10.0 Å². The van der Waals surface area contributed by atoms with Gasteiger partial charge in [0.05, 0.1) is 16.2 Å². The Labute approximate surface area is 145 Å². The molecule has 0 bridgehead atoms. The quantitative estimate of drug-likeness (QED) is 0.912. The van der Waals surface area contributed by atoms with E-state index in [2.05, 4.69) is 37.2 Å². The average molecular weight is 353 g/mol. The van der Waals surface area contributed by atoms with Crippen LogP contribution in [-0.2, 0) is 0 Å². The van der Waals surface area contributed by atoms with Crippen molar-refractivity contribution in [3.8, 4) is 0 Å². The van der Waals surface area contributed by atoms with Gasteiger partial charge in [0, 0.05) is 31.9 Å². The van der Waals surface area contributed by atoms with Crippen molar-refractivity contribution in [1.29, 1.82) is 0 Å². The van der Waals surface area contributed by atoms with Crippen LogP contribution in [0.5, 0.6) is 0 Å². The molecule has 6 nitrogen and oxygen atoms in total. The van der Waals surface area contributed by atoms with Gasteiger partial charge in [-0.25, -0.2) is 0 Å². The van der Waals surface area contributed by atoms with E-state index in [1.165, 1.54) is 0 Å². The summed E-state index contributed by atoms with van der Waals surface area (Å²) in [6.45, 7) is 7.10. The van der Waals surface area contributed by atoms with Crippen molar-refractivity contribution < 1.29 is 0 Å². The fourth-order valence-electron chi connectivity index (χ4n) is 2.47. The highest BCUT2D eigenvalue weighted by molar-refractivity contribution is 6.42. The van der Waals surface area contributed by atoms with E-state index in [0.717, 1.165) is 38.4 Å². The van der Waals surface area contributed by atoms with Gasteiger partial charge in [-0.2, -0.15) is 10.1 Å². The maximum atomic E-state index is 6.03. The molecule has 1 aromatic heterocycles. The Hall–Kier alpha value is -1.63. The summed E-state index contributed by atoms with van der Waals surface area (Å²) in [5.74, 6) is 1.28. The zero-order chi connectivity index (χ0) is 16.2. The van der Waals surface area contributed by atoms with Crippen LogP contribution in [-0.4, -0.2) is 52.8 Å². The largest absolute Gasteiger partial charge is 0.339 e. The van der Waals surface area contributed by atoms with Crippen LogP contribution < -0.4 is 10.2 Å². The number of aromatic nitrogens is 3. The minimum Gasteiger partial charge on any atom is -0.339 e. The lowest BCUT2D eigenvalue weighted by Crippen LogP contribution is -2.46. The summed E-state index contributed by atoms with van der Waals surface area (Å²) in [6, 6.07) is 5.34. The van der Waals surface area contributed by atoms with Crippen LogP contribution >= 0.6 is 23.2 Å². The lowest BCUT2D eigenvalue weighted by molar-refractivity contribution is 0.269. The third kappa shape index (κ3) is 4.02. The van der Waals surface area contributed by atoms with Gasteiger partial charge in [0.1, 0.15) is 0 Å². The topological polar surface area (TPSA) is 57.2 Å². The number of benzene rings is 1. The van der Waals surface area contributed by atoms with Gasteiger partial charge in [-0.1, -0.05) is 30.1 Å². The number of anilines is 3. The molecule has 23 heavy (non-hydrogen) atoms. The van der Waals surface area contributed by atoms with E-state index in [9.17, 15) is 0 Å². The Morgan fingerprint density at radius 3 is 2.61 bits per heavy atom. The summed E-state index contributed by atoms with van der Waals surface area (Å²) in [5.41, 5.74) is 0.807. The molecule has 0 aliphatic carbocycles. The summed E-state index contributed by atoms with van der Waals surface area (Å²) in [5, 5.41) is 12.4. The van der Waals surface area contributed by atoms with E-state index in [4.69, 9.17) is 23.2 Å². The zero-order valence-electron chi connectivity index (χ0n) is 12.8. The third-order valence-electron chi connectivity index (χ3n) is 3.84. The van der Waals surface area contributed by atoms with E-state index in [1.54, 1.807) is 18.3 Å². The molecule has 0 saturated carbocycles. The Kier molecular flexibility index (Phi) is 5.15. The molecular formula is C15H18Cl2N6. The molecule has 0 unspecified atom stereocenters. The van der Waals surface area contributed by atoms with Crippen molar-refractivity contribution in [2.24, 2.45) is 0 Å². The molecule has 1 aliphatic rings. The Morgan fingerprint density at radius 1 is 1.13 bits per heavy atom. The lowest BCUT2D eigenvalue weighted by Gasteiger charge is -2.33. The first-order valence-electron chi connectivity index (χ1n) is 7.55. The second-order valence-corrected chi connectivity index (χ2v) is 6.13. The first-order valence-corrected chi connectivity index (χ1v) is 8.30. The number of nitrogens with one attached hydrogen (secondary N) is 1. The molecule has 8 heteroatoms. The van der Waals surface area contributed by atoms with E-state index in [0.29, 0.717) is 21.8 Å². The number of piperazine rings is 1. The van der Waals surface area contributed by atoms with Crippen molar-refractivity contribution in [1.82, 2.24) is 20.1 Å². The SMILES string of the molecule is CCN1CCN(c2nncc(Nc3ccc(Cl)c(Cl)c3)n2)CC1. The van der Waals surface area contributed by atoms with Crippen LogP contribution in [0.15, 0.2) is 24.4 Å². The summed E-state index contributed by atoms with van der Waals surface area (Å²) in [6.07, 6.45) is 1.59. The first kappa shape index (κ1) is 16.2. The van der Waals surface area contributed by atoms with Gasteiger partial charge in [0.15, 0.2) is 5.82 Å². The van der Waals surface area contributed by atoms with Crippen molar-refractivity contribution in [3.63, 3.8) is 0 Å². The number of halogens is 2. The van der Waals surface area contributed by atoms with Gasteiger partial charge in [0.2, 0.25) is 5.95 Å². The molecule has 3 rings (SSSR count). The maximum Gasteiger partial charge on any atom is 0.247 e. The predicted octanol–water partition coefficient (Wildman–Crippen LogP) is 3.06. The fourth-order valence-corrected chi connectivity index (χ4v) is 2.77. The minimum atomic E-state index is 0.495. The smallest absolute Gasteiger partial charge is 0.247 e. The molecule has 2 heterocycles. The van der Waals surface area contributed by atoms with Crippen LogP contribution in [0.1, 0.15) is 6.92 Å². The van der Waals surface area contributed by atoms with Crippen LogP contribution in [0.3, 0.4) is 0 Å². The van der Waals surface area contributed by atoms with Gasteiger partial charge < -0.3 is 15.1 Å². The fraction of sp³-hybridized carbons (Fsp3) is 0.400. The van der Waals surface area contributed by atoms with E-state index in [-0.39, 0.29) is 0 Å². The van der Waals surface area contributed by atoms with Gasteiger partial charge in [0.25, 0.3) is 0 Å². The lowest BCUT2D eigenvalue weighted by atomic mass is 10.3. The number of hydrogen-bond acceptors (Lipinski definition) is 6. The summed E-state index contributed by atoms with van der Waals surface area (Å²) in [4.78, 5) is 9.10. The monoisotopic (exact) mass is 352 g/mol. The van der Waals surface area contributed by atoms with E-state index < -0.39 is 0 Å². The second kappa shape index (κ2) is 7.29. The summed E-state index contributed by atoms with van der Waals surface area (Å²) in [7, 11) is 0. The molecular weight excluding hydrogens is 335 g/mol. The molecule has 0 atom stereocenters. The van der Waals surface area contributed by atoms with Gasteiger partial charge in [-0.3, -0.25) is 0 Å². The van der Waals surface area contributed by atoms with Gasteiger partial charge in [-0.05, 0) is 24.7 Å². The molecule has 0 radical (unpaired) electrons. The predicted molar refractivity (Wildman–Crippen MR) is 93.9 cm³/mol. The Bertz CT molecular complexity index is 673. The number of hydrogen-bond donors (Lipinski definition) is 1. The van der Waals surface area contributed by atoms with Crippen molar-refractivity contribution in [2.45, 2.75) is 6.92 Å². The minimum absolute atomic E-state index is 0.495. The second-order valence-electron chi connectivity index (χ2n) is 5.32. The maximum absolute atomic E-state index is 6.03. The molecule has 1 aromatic carbocycles. The van der Waals surface area contributed by atoms with Gasteiger partial charge >= 0.3 is 0 Å². The highest BCUT2D eigenvalue weighted by Gasteiger charge is 2.18. The summed E-state index contributed by atoms with van der Waals surface area (Å²) < 4.78 is 0. The molecule has 122 valence electrons. The van der Waals surface area contributed by atoms with E-state index >= 15 is 0 Å². The normalized spacial score (nSPS) is 15.7. The van der Waals surface area contributed by atoms with Crippen LogP contribution in [0, 0.1) is 0 Å². The number of rotatable bonds is 4. The van der Waals surface area contributed by atoms with Crippen molar-refractivity contribution >= 4 is 40.7 Å². The van der Waals surface area contributed by atoms with Gasteiger partial charge in [-0.15, -0.1) is 5.10 Å². The Balaban J connectivity index is 1.71. The third-order valence-corrected chi connectivity index (χ3v) is 4.58. The zero-order valence-corrected chi connectivity index (χ0v) is 14.3. The first-order chi connectivity index (χ1) is 11.2. The molecule has 0 amide bonds. The highest BCUT2D eigenvalue weighted by Crippen LogP contribution is 2.26. The standard InChI is InChI=1S/C15H18Cl2N6/c1-2-22-5-7-23(8-6-22)15-20-14(10-18-21-15)19-11-3-4-12(16)13(17)9-11/h3-4,9-10H,2,5-8H2,1H3,(H,19,20,21). The Morgan fingerprint density at radius 2 is 1.91 bits per heavy atom. The molecule has 1 aliphatic heterocycles. The molecule has 2 aromatic rings. The molecule has 1 fully saturated rings. The van der Waals surface area contributed by atoms with Crippen LogP contribution in [0.4, 0.5) is 17.5 Å². The van der Waals surface area contributed by atoms with Crippen molar-refractivity contribution in [3.05, 3.63) is 34.4 Å². The number of likely N-dealkylation sites (N-methyl/N-ethyl adjacent to an activating group) is 1. The van der Waals surface area contributed by atoms with Crippen LogP contribution in [0.25, 0.3) is 0 Å².